The molecule has 4 aliphatic rings. The van der Waals surface area contributed by atoms with Crippen LogP contribution in [0.2, 0.25) is 0 Å². The molecule has 4 fully saturated rings. The molecule has 0 amide bonds. The number of rotatable bonds is 4. The van der Waals surface area contributed by atoms with Gasteiger partial charge in [-0.2, -0.15) is 0 Å². The molecule has 4 bridgehead atoms. The second kappa shape index (κ2) is 4.22. The Bertz CT molecular complexity index is 326. The highest BCUT2D eigenvalue weighted by Gasteiger charge is 2.50. The van der Waals surface area contributed by atoms with Gasteiger partial charge in [-0.3, -0.25) is 4.79 Å². The van der Waals surface area contributed by atoms with Gasteiger partial charge < -0.3 is 10.8 Å². The number of carboxylic acid groups (broad SMARTS) is 1. The van der Waals surface area contributed by atoms with Crippen LogP contribution in [-0.4, -0.2) is 17.6 Å². The van der Waals surface area contributed by atoms with Gasteiger partial charge in [-0.25, -0.2) is 0 Å². The van der Waals surface area contributed by atoms with Gasteiger partial charge in [-0.1, -0.05) is 0 Å². The van der Waals surface area contributed by atoms with Crippen molar-refractivity contribution in [3.63, 3.8) is 0 Å². The van der Waals surface area contributed by atoms with Crippen molar-refractivity contribution in [2.45, 2.75) is 45.4 Å². The van der Waals surface area contributed by atoms with Crippen LogP contribution in [0.1, 0.15) is 45.4 Å². The van der Waals surface area contributed by atoms with E-state index in [1.165, 1.54) is 32.1 Å². The Kier molecular flexibility index (Phi) is 2.92. The highest BCUT2D eigenvalue weighted by atomic mass is 16.4. The molecule has 4 saturated carbocycles. The van der Waals surface area contributed by atoms with E-state index in [1.807, 2.05) is 6.92 Å². The molecule has 0 aliphatic heterocycles. The van der Waals surface area contributed by atoms with E-state index in [0.717, 1.165) is 30.1 Å². The summed E-state index contributed by atoms with van der Waals surface area (Å²) in [6.07, 6.45) is 7.69. The first kappa shape index (κ1) is 12.5. The van der Waals surface area contributed by atoms with Crippen molar-refractivity contribution < 1.29 is 9.90 Å². The molecule has 0 aromatic carbocycles. The van der Waals surface area contributed by atoms with E-state index < -0.39 is 11.4 Å². The van der Waals surface area contributed by atoms with Crippen molar-refractivity contribution in [2.75, 3.05) is 6.54 Å². The molecule has 18 heavy (non-hydrogen) atoms. The fourth-order valence-electron chi connectivity index (χ4n) is 5.15. The maximum absolute atomic E-state index is 11.4. The van der Waals surface area contributed by atoms with Gasteiger partial charge >= 0.3 is 5.97 Å². The third-order valence-corrected chi connectivity index (χ3v) is 6.08. The minimum Gasteiger partial charge on any atom is -0.481 e. The van der Waals surface area contributed by atoms with Gasteiger partial charge in [0.1, 0.15) is 0 Å². The average Bonchev–Trinajstić information content (AvgIpc) is 2.32. The van der Waals surface area contributed by atoms with Crippen LogP contribution in [0, 0.1) is 35.0 Å². The van der Waals surface area contributed by atoms with Gasteiger partial charge in [0.05, 0.1) is 5.41 Å². The molecule has 3 nitrogen and oxygen atoms in total. The van der Waals surface area contributed by atoms with Gasteiger partial charge in [0.25, 0.3) is 0 Å². The Hall–Kier alpha value is -0.570. The SMILES string of the molecule is CC(CN)(CC1C2CC3CC(C2)CC1C3)C(=O)O. The average molecular weight is 251 g/mol. The molecule has 1 atom stereocenters. The largest absolute Gasteiger partial charge is 0.481 e. The number of aliphatic carboxylic acids is 1. The zero-order valence-corrected chi connectivity index (χ0v) is 11.3. The standard InChI is InChI=1S/C15H25NO2/c1-15(8-16,14(17)18)7-13-11-3-9-2-10(5-11)6-12(13)4-9/h9-13H,2-8,16H2,1H3,(H,17,18). The molecule has 0 aromatic heterocycles. The highest BCUT2D eigenvalue weighted by molar-refractivity contribution is 5.74. The number of hydrogen-bond acceptors (Lipinski definition) is 2. The van der Waals surface area contributed by atoms with Crippen molar-refractivity contribution in [2.24, 2.45) is 40.7 Å². The maximum Gasteiger partial charge on any atom is 0.310 e. The summed E-state index contributed by atoms with van der Waals surface area (Å²) in [6.45, 7) is 2.10. The molecule has 0 aromatic rings. The minimum absolute atomic E-state index is 0.269. The van der Waals surface area contributed by atoms with Gasteiger partial charge in [-0.15, -0.1) is 0 Å². The Morgan fingerprint density at radius 3 is 2.06 bits per heavy atom. The fraction of sp³-hybridized carbons (Fsp3) is 0.933. The number of nitrogens with two attached hydrogens (primary N) is 1. The Morgan fingerprint density at radius 1 is 1.17 bits per heavy atom. The number of hydrogen-bond donors (Lipinski definition) is 2. The van der Waals surface area contributed by atoms with Crippen LogP contribution in [0.15, 0.2) is 0 Å². The zero-order chi connectivity index (χ0) is 12.9. The highest BCUT2D eigenvalue weighted by Crippen LogP contribution is 2.58. The molecule has 3 N–H and O–H groups in total. The maximum atomic E-state index is 11.4. The Balaban J connectivity index is 1.75. The Labute approximate surface area is 109 Å². The molecule has 0 saturated heterocycles. The zero-order valence-electron chi connectivity index (χ0n) is 11.3. The fourth-order valence-corrected chi connectivity index (χ4v) is 5.15. The van der Waals surface area contributed by atoms with Crippen LogP contribution in [0.5, 0.6) is 0 Å². The smallest absolute Gasteiger partial charge is 0.310 e. The lowest BCUT2D eigenvalue weighted by atomic mass is 9.50. The van der Waals surface area contributed by atoms with E-state index in [2.05, 4.69) is 0 Å². The molecular formula is C15H25NO2. The van der Waals surface area contributed by atoms with Crippen LogP contribution in [0.4, 0.5) is 0 Å². The lowest BCUT2D eigenvalue weighted by molar-refractivity contribution is -0.150. The predicted molar refractivity (Wildman–Crippen MR) is 69.9 cm³/mol. The molecular weight excluding hydrogens is 226 g/mol. The first-order valence-corrected chi connectivity index (χ1v) is 7.45. The van der Waals surface area contributed by atoms with Crippen LogP contribution in [0.3, 0.4) is 0 Å². The van der Waals surface area contributed by atoms with Crippen molar-refractivity contribution >= 4 is 5.97 Å². The third-order valence-electron chi connectivity index (χ3n) is 6.08. The molecule has 3 heteroatoms. The van der Waals surface area contributed by atoms with Crippen LogP contribution >= 0.6 is 0 Å². The van der Waals surface area contributed by atoms with Crippen LogP contribution in [0.25, 0.3) is 0 Å². The van der Waals surface area contributed by atoms with Crippen molar-refractivity contribution in [1.82, 2.24) is 0 Å². The number of carbonyl (C=O) groups is 1. The van der Waals surface area contributed by atoms with Crippen molar-refractivity contribution in [3.05, 3.63) is 0 Å². The van der Waals surface area contributed by atoms with E-state index >= 15 is 0 Å². The summed E-state index contributed by atoms with van der Waals surface area (Å²) in [7, 11) is 0. The molecule has 102 valence electrons. The molecule has 0 radical (unpaired) electrons. The summed E-state index contributed by atoms with van der Waals surface area (Å²) in [5.41, 5.74) is 5.02. The van der Waals surface area contributed by atoms with Gasteiger partial charge in [0, 0.05) is 6.54 Å². The normalized spacial score (nSPS) is 44.9. The topological polar surface area (TPSA) is 63.3 Å². The summed E-state index contributed by atoms with van der Waals surface area (Å²) < 4.78 is 0. The Morgan fingerprint density at radius 2 is 1.67 bits per heavy atom. The van der Waals surface area contributed by atoms with E-state index in [0.29, 0.717) is 5.92 Å². The molecule has 0 heterocycles. The third kappa shape index (κ3) is 1.87. The minimum atomic E-state index is -0.709. The van der Waals surface area contributed by atoms with Gasteiger partial charge in [0.2, 0.25) is 0 Å². The first-order valence-electron chi connectivity index (χ1n) is 7.45. The molecule has 1 unspecified atom stereocenters. The van der Waals surface area contributed by atoms with Crippen molar-refractivity contribution in [1.29, 1.82) is 0 Å². The monoisotopic (exact) mass is 251 g/mol. The number of carboxylic acids is 1. The summed E-state index contributed by atoms with van der Waals surface area (Å²) in [4.78, 5) is 11.4. The second-order valence-corrected chi connectivity index (χ2v) is 7.37. The lowest BCUT2D eigenvalue weighted by Gasteiger charge is -2.55. The molecule has 4 aliphatic carbocycles. The molecule has 4 rings (SSSR count). The van der Waals surface area contributed by atoms with E-state index in [-0.39, 0.29) is 6.54 Å². The van der Waals surface area contributed by atoms with Crippen molar-refractivity contribution in [3.8, 4) is 0 Å². The predicted octanol–water partition coefficient (Wildman–Crippen LogP) is 2.50. The first-order chi connectivity index (χ1) is 8.51. The summed E-state index contributed by atoms with van der Waals surface area (Å²) in [5.74, 6) is 3.43. The van der Waals surface area contributed by atoms with Crippen LogP contribution in [-0.2, 0) is 4.79 Å². The quantitative estimate of drug-likeness (QED) is 0.807. The molecule has 0 spiro atoms. The second-order valence-electron chi connectivity index (χ2n) is 7.37. The van der Waals surface area contributed by atoms with Gasteiger partial charge in [-0.05, 0) is 75.0 Å². The lowest BCUT2D eigenvalue weighted by Crippen LogP contribution is -2.48. The summed E-state index contributed by atoms with van der Waals surface area (Å²) >= 11 is 0. The van der Waals surface area contributed by atoms with E-state index in [1.54, 1.807) is 0 Å². The summed E-state index contributed by atoms with van der Waals surface area (Å²) in [6, 6.07) is 0. The van der Waals surface area contributed by atoms with Gasteiger partial charge in [0.15, 0.2) is 0 Å². The van der Waals surface area contributed by atoms with E-state index in [9.17, 15) is 9.90 Å². The van der Waals surface area contributed by atoms with Crippen LogP contribution < -0.4 is 5.73 Å². The van der Waals surface area contributed by atoms with E-state index in [4.69, 9.17) is 5.73 Å². The summed E-state index contributed by atoms with van der Waals surface area (Å²) in [5, 5.41) is 9.41.